The van der Waals surface area contributed by atoms with Crippen molar-refractivity contribution in [2.45, 2.75) is 90.4 Å². The molecule has 0 bridgehead atoms. The number of Topliss-reactive ketones (excluding diaryl/α,β-unsaturated/α-hetero) is 5. The number of carbonyl (C=O) groups excluding carboxylic acids is 5. The summed E-state index contributed by atoms with van der Waals surface area (Å²) in [5, 5.41) is 0. The van der Waals surface area contributed by atoms with E-state index in [1.807, 2.05) is 0 Å². The summed E-state index contributed by atoms with van der Waals surface area (Å²) in [6.45, 7) is 1.45. The molecule has 5 nitrogen and oxygen atoms in total. The molecule has 0 aliphatic heterocycles. The van der Waals surface area contributed by atoms with Gasteiger partial charge in [0, 0.05) is 57.8 Å². The molecule has 0 aromatic rings. The van der Waals surface area contributed by atoms with Crippen molar-refractivity contribution < 1.29 is 24.0 Å². The Morgan fingerprint density at radius 2 is 1.36 bits per heavy atom. The number of ketones is 5. The first-order chi connectivity index (χ1) is 11.9. The van der Waals surface area contributed by atoms with Crippen LogP contribution in [-0.4, -0.2) is 28.9 Å². The third-order valence-electron chi connectivity index (χ3n) is 4.78. The maximum Gasteiger partial charge on any atom is 0.133 e. The quantitative estimate of drug-likeness (QED) is 0.635. The standard InChI is InChI=1S/C20H30O5/c1-15(21)6-9-18(23)12-13-19(24)11-8-16-7-10-17(22)4-2-3-5-20(25)14-16/h16H,2-14H2,1H3. The van der Waals surface area contributed by atoms with Gasteiger partial charge in [-0.2, -0.15) is 0 Å². The van der Waals surface area contributed by atoms with E-state index in [9.17, 15) is 24.0 Å². The minimum Gasteiger partial charge on any atom is -0.300 e. The Hall–Kier alpha value is -1.65. The summed E-state index contributed by atoms with van der Waals surface area (Å²) in [4.78, 5) is 58.1. The first-order valence-corrected chi connectivity index (χ1v) is 9.43. The molecule has 0 amide bonds. The van der Waals surface area contributed by atoms with Crippen LogP contribution in [0.2, 0.25) is 0 Å². The van der Waals surface area contributed by atoms with Crippen molar-refractivity contribution in [3.05, 3.63) is 0 Å². The average Bonchev–Trinajstić information content (AvgIpc) is 2.57. The van der Waals surface area contributed by atoms with Crippen molar-refractivity contribution in [1.82, 2.24) is 0 Å². The van der Waals surface area contributed by atoms with Gasteiger partial charge < -0.3 is 4.79 Å². The van der Waals surface area contributed by atoms with Crippen molar-refractivity contribution in [3.63, 3.8) is 0 Å². The van der Waals surface area contributed by atoms with Gasteiger partial charge in [0.2, 0.25) is 0 Å². The summed E-state index contributed by atoms with van der Waals surface area (Å²) < 4.78 is 0. The molecular weight excluding hydrogens is 320 g/mol. The van der Waals surface area contributed by atoms with E-state index in [0.29, 0.717) is 44.9 Å². The van der Waals surface area contributed by atoms with Crippen LogP contribution >= 0.6 is 0 Å². The largest absolute Gasteiger partial charge is 0.300 e. The summed E-state index contributed by atoms with van der Waals surface area (Å²) in [5.74, 6) is 0.518. The van der Waals surface area contributed by atoms with Gasteiger partial charge in [-0.05, 0) is 38.5 Å². The molecule has 1 rings (SSSR count). The highest BCUT2D eigenvalue weighted by Gasteiger charge is 2.19. The molecule has 0 spiro atoms. The zero-order chi connectivity index (χ0) is 18.7. The molecule has 1 aliphatic rings. The van der Waals surface area contributed by atoms with Gasteiger partial charge >= 0.3 is 0 Å². The highest BCUT2D eigenvalue weighted by Crippen LogP contribution is 2.23. The topological polar surface area (TPSA) is 85.3 Å². The molecule has 0 saturated heterocycles. The van der Waals surface area contributed by atoms with Gasteiger partial charge in [0.05, 0.1) is 0 Å². The Kier molecular flexibility index (Phi) is 10.1. The van der Waals surface area contributed by atoms with Crippen LogP contribution in [0, 0.1) is 5.92 Å². The van der Waals surface area contributed by atoms with Crippen LogP contribution in [0.1, 0.15) is 90.4 Å². The average molecular weight is 350 g/mol. The van der Waals surface area contributed by atoms with E-state index in [2.05, 4.69) is 0 Å². The van der Waals surface area contributed by atoms with Gasteiger partial charge in [-0.15, -0.1) is 0 Å². The summed E-state index contributed by atoms with van der Waals surface area (Å²) >= 11 is 0. The van der Waals surface area contributed by atoms with Crippen LogP contribution in [0.4, 0.5) is 0 Å². The fourth-order valence-corrected chi connectivity index (χ4v) is 3.12. The maximum absolute atomic E-state index is 12.0. The highest BCUT2D eigenvalue weighted by molar-refractivity contribution is 5.88. The van der Waals surface area contributed by atoms with Crippen LogP contribution in [0.15, 0.2) is 0 Å². The molecule has 140 valence electrons. The van der Waals surface area contributed by atoms with E-state index in [1.54, 1.807) is 0 Å². The van der Waals surface area contributed by atoms with Crippen LogP contribution in [0.5, 0.6) is 0 Å². The summed E-state index contributed by atoms with van der Waals surface area (Å²) in [7, 11) is 0. The number of hydrogen-bond acceptors (Lipinski definition) is 5. The Labute approximate surface area is 149 Å². The van der Waals surface area contributed by atoms with Crippen LogP contribution < -0.4 is 0 Å². The molecule has 1 saturated carbocycles. The van der Waals surface area contributed by atoms with Gasteiger partial charge in [-0.3, -0.25) is 19.2 Å². The molecule has 1 atom stereocenters. The van der Waals surface area contributed by atoms with E-state index in [-0.39, 0.29) is 60.5 Å². The number of hydrogen-bond donors (Lipinski definition) is 0. The second kappa shape index (κ2) is 11.8. The second-order valence-electron chi connectivity index (χ2n) is 7.21. The molecule has 1 aliphatic carbocycles. The van der Waals surface area contributed by atoms with E-state index in [1.165, 1.54) is 6.92 Å². The third kappa shape index (κ3) is 10.7. The monoisotopic (exact) mass is 350 g/mol. The van der Waals surface area contributed by atoms with Gasteiger partial charge in [0.25, 0.3) is 0 Å². The number of rotatable bonds is 9. The molecule has 1 fully saturated rings. The fraction of sp³-hybridized carbons (Fsp3) is 0.750. The van der Waals surface area contributed by atoms with Gasteiger partial charge in [-0.25, -0.2) is 0 Å². The van der Waals surface area contributed by atoms with Crippen molar-refractivity contribution in [2.75, 3.05) is 0 Å². The lowest BCUT2D eigenvalue weighted by molar-refractivity contribution is -0.126. The lowest BCUT2D eigenvalue weighted by Crippen LogP contribution is -2.14. The molecule has 0 N–H and O–H groups in total. The van der Waals surface area contributed by atoms with Gasteiger partial charge in [0.1, 0.15) is 28.9 Å². The van der Waals surface area contributed by atoms with Crippen LogP contribution in [0.25, 0.3) is 0 Å². The van der Waals surface area contributed by atoms with Crippen LogP contribution in [-0.2, 0) is 24.0 Å². The van der Waals surface area contributed by atoms with Crippen LogP contribution in [0.3, 0.4) is 0 Å². The molecular formula is C20H30O5. The van der Waals surface area contributed by atoms with E-state index < -0.39 is 0 Å². The highest BCUT2D eigenvalue weighted by atomic mass is 16.1. The SMILES string of the molecule is CC(=O)CCC(=O)CCC(=O)CCC1CCC(=O)CCCCC(=O)C1. The molecule has 1 unspecified atom stereocenters. The summed E-state index contributed by atoms with van der Waals surface area (Å²) in [6, 6.07) is 0. The molecule has 0 aromatic carbocycles. The van der Waals surface area contributed by atoms with Crippen molar-refractivity contribution in [3.8, 4) is 0 Å². The zero-order valence-electron chi connectivity index (χ0n) is 15.3. The predicted octanol–water partition coefficient (Wildman–Crippen LogP) is 3.55. The summed E-state index contributed by atoms with van der Waals surface area (Å²) in [6.07, 6.45) is 6.10. The molecule has 0 aromatic heterocycles. The summed E-state index contributed by atoms with van der Waals surface area (Å²) in [5.41, 5.74) is 0. The lowest BCUT2D eigenvalue weighted by atomic mass is 9.87. The maximum atomic E-state index is 12.0. The van der Waals surface area contributed by atoms with Crippen molar-refractivity contribution in [2.24, 2.45) is 5.92 Å². The predicted molar refractivity (Wildman–Crippen MR) is 94.2 cm³/mol. The Morgan fingerprint density at radius 3 is 2.00 bits per heavy atom. The Balaban J connectivity index is 2.33. The number of carbonyl (C=O) groups is 5. The van der Waals surface area contributed by atoms with Crippen molar-refractivity contribution in [1.29, 1.82) is 0 Å². The molecule has 0 heterocycles. The molecule has 25 heavy (non-hydrogen) atoms. The van der Waals surface area contributed by atoms with E-state index >= 15 is 0 Å². The smallest absolute Gasteiger partial charge is 0.133 e. The fourth-order valence-electron chi connectivity index (χ4n) is 3.12. The van der Waals surface area contributed by atoms with E-state index in [0.717, 1.165) is 12.8 Å². The van der Waals surface area contributed by atoms with E-state index in [4.69, 9.17) is 0 Å². The van der Waals surface area contributed by atoms with Gasteiger partial charge in [0.15, 0.2) is 0 Å². The Morgan fingerprint density at radius 1 is 0.800 bits per heavy atom. The minimum atomic E-state index is -0.0528. The molecule has 0 radical (unpaired) electrons. The molecule has 5 heteroatoms. The first kappa shape index (κ1) is 21.4. The lowest BCUT2D eigenvalue weighted by Gasteiger charge is -2.17. The van der Waals surface area contributed by atoms with Crippen molar-refractivity contribution >= 4 is 28.9 Å². The Bertz CT molecular complexity index is 506. The van der Waals surface area contributed by atoms with Gasteiger partial charge in [-0.1, -0.05) is 0 Å². The second-order valence-corrected chi connectivity index (χ2v) is 7.21. The zero-order valence-corrected chi connectivity index (χ0v) is 15.3. The first-order valence-electron chi connectivity index (χ1n) is 9.43. The third-order valence-corrected chi connectivity index (χ3v) is 4.78. The normalized spacial score (nSPS) is 19.5. The minimum absolute atomic E-state index is 0.0186.